The Hall–Kier alpha value is -2.39. The third kappa shape index (κ3) is 4.37. The van der Waals surface area contributed by atoms with E-state index >= 15 is 0 Å². The molecule has 2 N–H and O–H groups in total. The molecule has 0 bridgehead atoms. The van der Waals surface area contributed by atoms with E-state index < -0.39 is 0 Å². The molecular weight excluding hydrogens is 250 g/mol. The Balaban J connectivity index is 1.84. The molecule has 0 aliphatic carbocycles. The van der Waals surface area contributed by atoms with Gasteiger partial charge in [0.1, 0.15) is 6.61 Å². The quantitative estimate of drug-likeness (QED) is 0.669. The zero-order chi connectivity index (χ0) is 14.2. The number of nitrogens with two attached hydrogens (primary N) is 1. The molecule has 0 aromatic heterocycles. The van der Waals surface area contributed by atoms with E-state index in [4.69, 9.17) is 10.5 Å². The van der Waals surface area contributed by atoms with Crippen LogP contribution in [0.15, 0.2) is 60.7 Å². The number of rotatable bonds is 5. The zero-order valence-electron chi connectivity index (χ0n) is 11.2. The van der Waals surface area contributed by atoms with E-state index in [2.05, 4.69) is 0 Å². The summed E-state index contributed by atoms with van der Waals surface area (Å²) in [6.45, 7) is 0.780. The number of carbonyl (C=O) groups excluding carboxylic acids is 1. The minimum Gasteiger partial charge on any atom is -0.458 e. The summed E-state index contributed by atoms with van der Waals surface area (Å²) in [5.41, 5.74) is 8.50. The van der Waals surface area contributed by atoms with Gasteiger partial charge in [-0.2, -0.15) is 0 Å². The first kappa shape index (κ1) is 14.0. The molecule has 2 aromatic rings. The van der Waals surface area contributed by atoms with Crippen molar-refractivity contribution >= 4 is 12.0 Å². The van der Waals surface area contributed by atoms with Gasteiger partial charge in [0.2, 0.25) is 0 Å². The van der Waals surface area contributed by atoms with E-state index in [0.717, 1.165) is 16.7 Å². The first-order chi connectivity index (χ1) is 9.78. The van der Waals surface area contributed by atoms with Gasteiger partial charge >= 0.3 is 5.97 Å². The Labute approximate surface area is 118 Å². The van der Waals surface area contributed by atoms with Crippen LogP contribution in [0, 0.1) is 0 Å². The summed E-state index contributed by atoms with van der Waals surface area (Å²) in [7, 11) is 0. The molecule has 3 nitrogen and oxygen atoms in total. The first-order valence-corrected chi connectivity index (χ1v) is 6.46. The van der Waals surface area contributed by atoms with Crippen LogP contribution >= 0.6 is 0 Å². The lowest BCUT2D eigenvalue weighted by Gasteiger charge is -2.03. The van der Waals surface area contributed by atoms with Crippen molar-refractivity contribution < 1.29 is 9.53 Å². The van der Waals surface area contributed by atoms with Crippen molar-refractivity contribution in [2.75, 3.05) is 0 Å². The molecule has 0 spiro atoms. The van der Waals surface area contributed by atoms with Crippen molar-refractivity contribution in [2.24, 2.45) is 5.73 Å². The molecule has 102 valence electrons. The number of hydrogen-bond acceptors (Lipinski definition) is 3. The van der Waals surface area contributed by atoms with Gasteiger partial charge in [0.25, 0.3) is 0 Å². The van der Waals surface area contributed by atoms with Crippen LogP contribution in [0.2, 0.25) is 0 Å². The minimum absolute atomic E-state index is 0.267. The molecule has 0 aliphatic rings. The van der Waals surface area contributed by atoms with Crippen molar-refractivity contribution in [1.29, 1.82) is 0 Å². The normalized spacial score (nSPS) is 10.7. The van der Waals surface area contributed by atoms with E-state index in [1.54, 1.807) is 6.08 Å². The van der Waals surface area contributed by atoms with Gasteiger partial charge in [0.15, 0.2) is 0 Å². The average molecular weight is 267 g/mol. The topological polar surface area (TPSA) is 52.3 Å². The maximum absolute atomic E-state index is 11.6. The highest BCUT2D eigenvalue weighted by Gasteiger charge is 1.99. The SMILES string of the molecule is NCc1ccc(COC(=O)/C=C/c2ccccc2)cc1. The highest BCUT2D eigenvalue weighted by molar-refractivity contribution is 5.87. The van der Waals surface area contributed by atoms with Crippen LogP contribution in [-0.4, -0.2) is 5.97 Å². The molecule has 20 heavy (non-hydrogen) atoms. The van der Waals surface area contributed by atoms with Gasteiger partial charge in [-0.1, -0.05) is 54.6 Å². The van der Waals surface area contributed by atoms with E-state index in [1.165, 1.54) is 6.08 Å². The largest absolute Gasteiger partial charge is 0.458 e. The third-order valence-corrected chi connectivity index (χ3v) is 2.85. The molecule has 0 saturated heterocycles. The first-order valence-electron chi connectivity index (χ1n) is 6.46. The van der Waals surface area contributed by atoms with Crippen LogP contribution in [0.4, 0.5) is 0 Å². The monoisotopic (exact) mass is 267 g/mol. The van der Waals surface area contributed by atoms with Crippen molar-refractivity contribution in [3.8, 4) is 0 Å². The summed E-state index contributed by atoms with van der Waals surface area (Å²) in [6, 6.07) is 17.3. The lowest BCUT2D eigenvalue weighted by atomic mass is 10.1. The third-order valence-electron chi connectivity index (χ3n) is 2.85. The van der Waals surface area contributed by atoms with Gasteiger partial charge in [-0.25, -0.2) is 4.79 Å². The molecule has 0 saturated carbocycles. The molecule has 2 rings (SSSR count). The van der Waals surface area contributed by atoms with Crippen molar-refractivity contribution in [3.05, 3.63) is 77.4 Å². The van der Waals surface area contributed by atoms with Gasteiger partial charge in [0, 0.05) is 12.6 Å². The second-order valence-electron chi connectivity index (χ2n) is 4.37. The average Bonchev–Trinajstić information content (AvgIpc) is 2.52. The summed E-state index contributed by atoms with van der Waals surface area (Å²) in [5, 5.41) is 0. The maximum atomic E-state index is 11.6. The smallest absolute Gasteiger partial charge is 0.331 e. The molecular formula is C17H17NO2. The Kier molecular flexibility index (Phi) is 5.09. The van der Waals surface area contributed by atoms with E-state index in [0.29, 0.717) is 6.54 Å². The molecule has 0 unspecified atom stereocenters. The van der Waals surface area contributed by atoms with Crippen molar-refractivity contribution in [1.82, 2.24) is 0 Å². The van der Waals surface area contributed by atoms with Crippen LogP contribution in [0.3, 0.4) is 0 Å². The highest BCUT2D eigenvalue weighted by atomic mass is 16.5. The van der Waals surface area contributed by atoms with Gasteiger partial charge < -0.3 is 10.5 Å². The predicted molar refractivity (Wildman–Crippen MR) is 79.6 cm³/mol. The number of carbonyl (C=O) groups is 1. The van der Waals surface area contributed by atoms with Gasteiger partial charge in [0.05, 0.1) is 0 Å². The lowest BCUT2D eigenvalue weighted by molar-refractivity contribution is -0.138. The number of hydrogen-bond donors (Lipinski definition) is 1. The van der Waals surface area contributed by atoms with Crippen LogP contribution < -0.4 is 5.73 Å². The number of esters is 1. The Bertz CT molecular complexity index is 574. The molecule has 0 fully saturated rings. The highest BCUT2D eigenvalue weighted by Crippen LogP contribution is 2.06. The molecule has 0 amide bonds. The summed E-state index contributed by atoms with van der Waals surface area (Å²) in [5.74, 6) is -0.350. The van der Waals surface area contributed by atoms with Crippen LogP contribution in [0.1, 0.15) is 16.7 Å². The fraction of sp³-hybridized carbons (Fsp3) is 0.118. The summed E-state index contributed by atoms with van der Waals surface area (Å²) in [4.78, 5) is 11.6. The Morgan fingerprint density at radius 3 is 2.30 bits per heavy atom. The second kappa shape index (κ2) is 7.26. The Morgan fingerprint density at radius 2 is 1.65 bits per heavy atom. The van der Waals surface area contributed by atoms with E-state index in [1.807, 2.05) is 54.6 Å². The zero-order valence-corrected chi connectivity index (χ0v) is 11.2. The standard InChI is InChI=1S/C17H17NO2/c18-12-15-6-8-16(9-7-15)13-20-17(19)11-10-14-4-2-1-3-5-14/h1-11H,12-13,18H2/b11-10+. The fourth-order valence-electron chi connectivity index (χ4n) is 1.70. The van der Waals surface area contributed by atoms with Gasteiger partial charge in [-0.15, -0.1) is 0 Å². The Morgan fingerprint density at radius 1 is 1.00 bits per heavy atom. The minimum atomic E-state index is -0.350. The predicted octanol–water partition coefficient (Wildman–Crippen LogP) is 2.90. The number of benzene rings is 2. The van der Waals surface area contributed by atoms with Crippen LogP contribution in [0.5, 0.6) is 0 Å². The van der Waals surface area contributed by atoms with Crippen molar-refractivity contribution in [2.45, 2.75) is 13.2 Å². The maximum Gasteiger partial charge on any atom is 0.331 e. The van der Waals surface area contributed by atoms with Crippen molar-refractivity contribution in [3.63, 3.8) is 0 Å². The summed E-state index contributed by atoms with van der Waals surface area (Å²) < 4.78 is 5.17. The molecule has 2 aromatic carbocycles. The molecule has 0 radical (unpaired) electrons. The summed E-state index contributed by atoms with van der Waals surface area (Å²) >= 11 is 0. The molecule has 0 heterocycles. The molecule has 0 aliphatic heterocycles. The lowest BCUT2D eigenvalue weighted by Crippen LogP contribution is -2.01. The molecule has 3 heteroatoms. The van der Waals surface area contributed by atoms with E-state index in [9.17, 15) is 4.79 Å². The van der Waals surface area contributed by atoms with Gasteiger partial charge in [-0.3, -0.25) is 0 Å². The van der Waals surface area contributed by atoms with Crippen LogP contribution in [-0.2, 0) is 22.7 Å². The van der Waals surface area contributed by atoms with E-state index in [-0.39, 0.29) is 12.6 Å². The summed E-state index contributed by atoms with van der Waals surface area (Å²) in [6.07, 6.45) is 3.17. The van der Waals surface area contributed by atoms with Gasteiger partial charge in [-0.05, 0) is 22.8 Å². The second-order valence-corrected chi connectivity index (χ2v) is 4.37. The fourth-order valence-corrected chi connectivity index (χ4v) is 1.70. The molecule has 0 atom stereocenters. The number of ether oxygens (including phenoxy) is 1. The van der Waals surface area contributed by atoms with Crippen LogP contribution in [0.25, 0.3) is 6.08 Å².